The quantitative estimate of drug-likeness (QED) is 0.509. The molecule has 1 fully saturated rings. The predicted octanol–water partition coefficient (Wildman–Crippen LogP) is 2.51. The van der Waals surface area contributed by atoms with Crippen molar-refractivity contribution in [1.82, 2.24) is 20.2 Å². The van der Waals surface area contributed by atoms with Gasteiger partial charge in [-0.25, -0.2) is 9.37 Å². The Morgan fingerprint density at radius 2 is 1.94 bits per heavy atom. The maximum Gasteiger partial charge on any atom is 0.293 e. The summed E-state index contributed by atoms with van der Waals surface area (Å²) in [4.78, 5) is 33.8. The number of halogens is 1. The number of carbonyl (C=O) groups excluding carboxylic acids is 1. The highest BCUT2D eigenvalue weighted by Gasteiger charge is 2.34. The lowest BCUT2D eigenvalue weighted by Crippen LogP contribution is -2.29. The van der Waals surface area contributed by atoms with E-state index in [1.54, 1.807) is 0 Å². The molecule has 0 aliphatic carbocycles. The van der Waals surface area contributed by atoms with Crippen molar-refractivity contribution in [2.24, 2.45) is 0 Å². The Bertz CT molecular complexity index is 1170. The highest BCUT2D eigenvalue weighted by atomic mass is 19.1. The zero-order valence-electron chi connectivity index (χ0n) is 18.1. The van der Waals surface area contributed by atoms with Crippen LogP contribution >= 0.6 is 0 Å². The maximum absolute atomic E-state index is 13.1. The molecule has 0 bridgehead atoms. The molecule has 1 saturated heterocycles. The molecule has 2 atom stereocenters. The number of rotatable bonds is 7. The van der Waals surface area contributed by atoms with Crippen LogP contribution in [0.2, 0.25) is 0 Å². The Kier molecular flexibility index (Phi) is 6.81. The first-order valence-corrected chi connectivity index (χ1v) is 10.6. The lowest BCUT2D eigenvalue weighted by molar-refractivity contribution is 0.0481. The van der Waals surface area contributed by atoms with Crippen molar-refractivity contribution in [3.8, 4) is 5.75 Å². The number of aromatic amines is 1. The summed E-state index contributed by atoms with van der Waals surface area (Å²) in [6.45, 7) is 1.21. The van der Waals surface area contributed by atoms with E-state index in [-0.39, 0.29) is 36.0 Å². The van der Waals surface area contributed by atoms with Gasteiger partial charge in [0.05, 0.1) is 18.8 Å². The number of likely N-dealkylation sites (tertiary alicyclic amines) is 1. The number of benzene rings is 2. The van der Waals surface area contributed by atoms with E-state index in [9.17, 15) is 19.1 Å². The van der Waals surface area contributed by atoms with E-state index in [1.807, 2.05) is 42.3 Å². The summed E-state index contributed by atoms with van der Waals surface area (Å²) in [6.07, 6.45) is 0.503. The fraction of sp³-hybridized carbons (Fsp3) is 0.292. The topological polar surface area (TPSA) is 108 Å². The van der Waals surface area contributed by atoms with Gasteiger partial charge in [-0.1, -0.05) is 42.5 Å². The van der Waals surface area contributed by atoms with Crippen LogP contribution in [0.3, 0.4) is 0 Å². The summed E-state index contributed by atoms with van der Waals surface area (Å²) in [5, 5.41) is 12.7. The van der Waals surface area contributed by atoms with Crippen LogP contribution in [0.1, 0.15) is 39.9 Å². The average Bonchev–Trinajstić information content (AvgIpc) is 3.20. The Balaban J connectivity index is 1.45. The average molecular weight is 452 g/mol. The molecule has 172 valence electrons. The van der Waals surface area contributed by atoms with Crippen LogP contribution in [-0.4, -0.2) is 45.6 Å². The minimum atomic E-state index is -0.783. The second kappa shape index (κ2) is 9.93. The van der Waals surface area contributed by atoms with Crippen molar-refractivity contribution in [3.63, 3.8) is 0 Å². The molecule has 33 heavy (non-hydrogen) atoms. The van der Waals surface area contributed by atoms with Crippen molar-refractivity contribution in [2.75, 3.05) is 13.6 Å². The summed E-state index contributed by atoms with van der Waals surface area (Å²) >= 11 is 0. The molecule has 9 heteroatoms. The predicted molar refractivity (Wildman–Crippen MR) is 119 cm³/mol. The molecule has 2 heterocycles. The number of amides is 1. The van der Waals surface area contributed by atoms with Gasteiger partial charge in [0.25, 0.3) is 11.5 Å². The summed E-state index contributed by atoms with van der Waals surface area (Å²) in [6, 6.07) is 15.2. The molecule has 1 aliphatic rings. The van der Waals surface area contributed by atoms with Gasteiger partial charge in [0.2, 0.25) is 5.75 Å². The highest BCUT2D eigenvalue weighted by Crippen LogP contribution is 2.30. The molecule has 0 radical (unpaired) electrons. The van der Waals surface area contributed by atoms with Gasteiger partial charge in [0, 0.05) is 13.1 Å². The zero-order chi connectivity index (χ0) is 23.4. The SMILES string of the molecule is CN1C[C@H](OCc2ccccc2)C[C@H]1c1nc(C(=O)NCc2ccc(F)cc2)c(O)c(=O)[nH]1. The first kappa shape index (κ1) is 22.6. The fourth-order valence-corrected chi connectivity index (χ4v) is 3.85. The van der Waals surface area contributed by atoms with Gasteiger partial charge < -0.3 is 20.1 Å². The van der Waals surface area contributed by atoms with E-state index in [4.69, 9.17) is 4.74 Å². The van der Waals surface area contributed by atoms with E-state index in [0.717, 1.165) is 5.56 Å². The molecule has 1 aromatic heterocycles. The van der Waals surface area contributed by atoms with Crippen molar-refractivity contribution in [1.29, 1.82) is 0 Å². The Hall–Kier alpha value is -3.56. The first-order valence-electron chi connectivity index (χ1n) is 10.6. The standard InChI is InChI=1S/C24H25FN4O4/c1-29-13-18(33-14-16-5-3-2-4-6-16)11-19(29)22-27-20(21(30)24(32)28-22)23(31)26-12-15-7-9-17(25)10-8-15/h2-10,18-19,30H,11-14H2,1H3,(H,26,31)(H,27,28,32)/t18-,19+/m1/s1. The summed E-state index contributed by atoms with van der Waals surface area (Å²) in [5.41, 5.74) is 0.606. The van der Waals surface area contributed by atoms with Crippen LogP contribution in [0.5, 0.6) is 5.75 Å². The molecule has 4 rings (SSSR count). The van der Waals surface area contributed by atoms with Crippen molar-refractivity contribution < 1.29 is 19.0 Å². The Morgan fingerprint density at radius 3 is 2.67 bits per heavy atom. The van der Waals surface area contributed by atoms with E-state index in [0.29, 0.717) is 25.1 Å². The molecule has 0 saturated carbocycles. The van der Waals surface area contributed by atoms with Gasteiger partial charge >= 0.3 is 0 Å². The van der Waals surface area contributed by atoms with Crippen LogP contribution in [-0.2, 0) is 17.9 Å². The number of carbonyl (C=O) groups is 1. The summed E-state index contributed by atoms with van der Waals surface area (Å²) < 4.78 is 19.1. The Morgan fingerprint density at radius 1 is 1.21 bits per heavy atom. The van der Waals surface area contributed by atoms with Gasteiger partial charge in [-0.05, 0) is 36.7 Å². The molecule has 1 amide bonds. The van der Waals surface area contributed by atoms with Gasteiger partial charge in [0.15, 0.2) is 5.69 Å². The second-order valence-corrected chi connectivity index (χ2v) is 8.07. The Labute approximate surface area is 190 Å². The van der Waals surface area contributed by atoms with E-state index in [2.05, 4.69) is 15.3 Å². The lowest BCUT2D eigenvalue weighted by Gasteiger charge is -2.18. The minimum Gasteiger partial charge on any atom is -0.501 e. The third-order valence-electron chi connectivity index (χ3n) is 5.65. The monoisotopic (exact) mass is 452 g/mol. The largest absolute Gasteiger partial charge is 0.501 e. The zero-order valence-corrected chi connectivity index (χ0v) is 18.1. The van der Waals surface area contributed by atoms with E-state index < -0.39 is 17.2 Å². The van der Waals surface area contributed by atoms with Gasteiger partial charge in [-0.3, -0.25) is 14.5 Å². The molecule has 3 N–H and O–H groups in total. The van der Waals surface area contributed by atoms with Crippen molar-refractivity contribution >= 4 is 5.91 Å². The van der Waals surface area contributed by atoms with Crippen molar-refractivity contribution in [3.05, 3.63) is 93.4 Å². The number of H-pyrrole nitrogens is 1. The molecule has 0 spiro atoms. The van der Waals surface area contributed by atoms with Gasteiger partial charge in [-0.2, -0.15) is 0 Å². The molecule has 2 aromatic carbocycles. The van der Waals surface area contributed by atoms with Gasteiger partial charge in [0.1, 0.15) is 11.6 Å². The number of hydrogen-bond acceptors (Lipinski definition) is 6. The smallest absolute Gasteiger partial charge is 0.293 e. The molecule has 0 unspecified atom stereocenters. The van der Waals surface area contributed by atoms with Crippen LogP contribution in [0.25, 0.3) is 0 Å². The number of likely N-dealkylation sites (N-methyl/N-ethyl adjacent to an activating group) is 1. The molecule has 3 aromatic rings. The number of hydrogen-bond donors (Lipinski definition) is 3. The normalized spacial score (nSPS) is 18.4. The third-order valence-corrected chi connectivity index (χ3v) is 5.65. The first-order chi connectivity index (χ1) is 15.9. The number of nitrogens with zero attached hydrogens (tertiary/aromatic N) is 2. The van der Waals surface area contributed by atoms with Crippen molar-refractivity contribution in [2.45, 2.75) is 31.7 Å². The summed E-state index contributed by atoms with van der Waals surface area (Å²) in [7, 11) is 1.89. The van der Waals surface area contributed by atoms with Crippen LogP contribution < -0.4 is 10.9 Å². The number of aromatic hydroxyl groups is 1. The third kappa shape index (κ3) is 5.44. The molecule has 1 aliphatic heterocycles. The second-order valence-electron chi connectivity index (χ2n) is 8.07. The van der Waals surface area contributed by atoms with E-state index in [1.165, 1.54) is 24.3 Å². The lowest BCUT2D eigenvalue weighted by atomic mass is 10.1. The molecular weight excluding hydrogens is 427 g/mol. The highest BCUT2D eigenvalue weighted by molar-refractivity contribution is 5.94. The summed E-state index contributed by atoms with van der Waals surface area (Å²) in [5.74, 6) is -1.53. The number of ether oxygens (including phenoxy) is 1. The van der Waals surface area contributed by atoms with Gasteiger partial charge in [-0.15, -0.1) is 0 Å². The molecular formula is C24H25FN4O4. The number of aromatic nitrogens is 2. The number of nitrogens with one attached hydrogen (secondary N) is 2. The van der Waals surface area contributed by atoms with Crippen LogP contribution in [0.4, 0.5) is 4.39 Å². The van der Waals surface area contributed by atoms with E-state index >= 15 is 0 Å². The fourth-order valence-electron chi connectivity index (χ4n) is 3.85. The maximum atomic E-state index is 13.1. The van der Waals surface area contributed by atoms with Crippen LogP contribution in [0.15, 0.2) is 59.4 Å². The van der Waals surface area contributed by atoms with Crippen LogP contribution in [0, 0.1) is 5.82 Å². The minimum absolute atomic E-state index is 0.0740. The molecule has 8 nitrogen and oxygen atoms in total.